The number of hydrogen-bond donors (Lipinski definition) is 4. The molecule has 0 heterocycles. The van der Waals surface area contributed by atoms with Crippen molar-refractivity contribution in [2.75, 3.05) is 24.9 Å². The van der Waals surface area contributed by atoms with E-state index in [1.807, 2.05) is 39.8 Å². The molecule has 5 aromatic carbocycles. The largest absolute Gasteiger partial charge is 1.00 e. The maximum absolute atomic E-state index is 12.7. The molecule has 0 amide bonds. The minimum Gasteiger partial charge on any atom is -0.744 e. The third-order valence-electron chi connectivity index (χ3n) is 8.51. The molecule has 53 heavy (non-hydrogen) atoms. The van der Waals surface area contributed by atoms with Gasteiger partial charge in [-0.1, -0.05) is 0 Å². The van der Waals surface area contributed by atoms with Crippen molar-refractivity contribution in [1.82, 2.24) is 0 Å². The molecule has 5 aromatic rings. The Balaban J connectivity index is 0.00000627. The fraction of sp³-hybridized carbons (Fsp3) is 0.158. The van der Waals surface area contributed by atoms with E-state index in [-0.39, 0.29) is 57.9 Å². The molecule has 0 spiro atoms. The second-order valence-electron chi connectivity index (χ2n) is 12.1. The van der Waals surface area contributed by atoms with Crippen LogP contribution in [0.4, 0.5) is 22.7 Å². The number of anilines is 4. The van der Waals surface area contributed by atoms with Crippen LogP contribution in [-0.2, 0) is 20.2 Å². The number of nitrogens with one attached hydrogen (secondary N) is 2. The van der Waals surface area contributed by atoms with E-state index in [0.717, 1.165) is 40.1 Å². The molecule has 0 bridgehead atoms. The Morgan fingerprint density at radius 1 is 0.698 bits per heavy atom. The summed E-state index contributed by atoms with van der Waals surface area (Å²) in [7, 11) is -7.10. The summed E-state index contributed by atoms with van der Waals surface area (Å²) in [6.45, 7) is 7.54. The SMILES string of the molecule is COc1cc(C)c(Nc2ccc([C+](c3ccc(Nc4c(C)cc(OC)cc4C)c(C(=O)O)c3)c3ccc(S(=O)(=O)[O-])cc3S(=O)(=O)O)cc2)c(C)c1.[Na+]. The first-order valence-electron chi connectivity index (χ1n) is 15.7. The topological polar surface area (TPSA) is 191 Å². The normalized spacial score (nSPS) is 11.3. The minimum absolute atomic E-state index is 0. The van der Waals surface area contributed by atoms with Gasteiger partial charge in [-0.2, -0.15) is 8.42 Å². The summed E-state index contributed by atoms with van der Waals surface area (Å²) in [5.41, 5.74) is 6.12. The van der Waals surface area contributed by atoms with E-state index >= 15 is 0 Å². The van der Waals surface area contributed by atoms with Crippen LogP contribution in [-0.4, -0.2) is 51.2 Å². The van der Waals surface area contributed by atoms with Gasteiger partial charge in [0.05, 0.1) is 47.4 Å². The summed E-state index contributed by atoms with van der Waals surface area (Å²) in [5.74, 6) is 0.183. The molecule has 0 aliphatic heterocycles. The molecular weight excluding hydrogens is 732 g/mol. The van der Waals surface area contributed by atoms with Crippen molar-refractivity contribution < 1.29 is 74.9 Å². The zero-order valence-electron chi connectivity index (χ0n) is 30.1. The van der Waals surface area contributed by atoms with Crippen molar-refractivity contribution in [1.29, 1.82) is 0 Å². The van der Waals surface area contributed by atoms with Crippen LogP contribution in [0.25, 0.3) is 0 Å². The van der Waals surface area contributed by atoms with Crippen molar-refractivity contribution in [2.24, 2.45) is 0 Å². The van der Waals surface area contributed by atoms with Crippen molar-refractivity contribution in [3.05, 3.63) is 135 Å². The molecule has 0 atom stereocenters. The summed E-state index contributed by atoms with van der Waals surface area (Å²) in [4.78, 5) is 11.0. The first-order chi connectivity index (χ1) is 24.4. The zero-order chi connectivity index (χ0) is 38.1. The molecule has 270 valence electrons. The van der Waals surface area contributed by atoms with Crippen molar-refractivity contribution in [3.63, 3.8) is 0 Å². The number of hydrogen-bond acceptors (Lipinski definition) is 10. The zero-order valence-corrected chi connectivity index (χ0v) is 33.7. The average molecular weight is 768 g/mol. The standard InChI is InChI=1S/C38H36N2O10S2.Na/c1-21-15-28(49-5)16-22(2)36(21)39-27-10-7-25(8-11-27)35(31-13-12-30(51(43,44)45)20-34(31)52(46,47)48)26-9-14-33(32(19-26)38(41)42)40-37-23(3)17-29(50-6)18-24(37)4;/h7-20,39-40H,1-6H3,(H2-,41,42,43,44,45,46,47,48);/q;+1. The van der Waals surface area contributed by atoms with Crippen LogP contribution in [0.2, 0.25) is 0 Å². The van der Waals surface area contributed by atoms with Gasteiger partial charge < -0.3 is 29.8 Å². The molecule has 0 radical (unpaired) electrons. The Kier molecular flexibility index (Phi) is 12.6. The number of aromatic carboxylic acids is 1. The van der Waals surface area contributed by atoms with Gasteiger partial charge in [0, 0.05) is 29.2 Å². The van der Waals surface area contributed by atoms with Crippen LogP contribution >= 0.6 is 0 Å². The minimum atomic E-state index is -5.12. The van der Waals surface area contributed by atoms with Crippen LogP contribution in [0.15, 0.2) is 94.7 Å². The number of benzene rings is 5. The smallest absolute Gasteiger partial charge is 0.744 e. The number of methoxy groups -OCH3 is 2. The Morgan fingerprint density at radius 3 is 1.64 bits per heavy atom. The van der Waals surface area contributed by atoms with Gasteiger partial charge in [-0.05, 0) is 123 Å². The molecule has 0 saturated heterocycles. The summed E-state index contributed by atoms with van der Waals surface area (Å²) in [6, 6.07) is 21.2. The van der Waals surface area contributed by atoms with E-state index in [1.165, 1.54) is 12.1 Å². The van der Waals surface area contributed by atoms with E-state index in [4.69, 9.17) is 9.47 Å². The van der Waals surface area contributed by atoms with Crippen molar-refractivity contribution in [3.8, 4) is 11.5 Å². The van der Waals surface area contributed by atoms with Crippen LogP contribution in [0.3, 0.4) is 0 Å². The van der Waals surface area contributed by atoms with E-state index in [9.17, 15) is 35.8 Å². The number of ether oxygens (including phenoxy) is 2. The maximum Gasteiger partial charge on any atom is 1.00 e. The molecule has 0 aromatic heterocycles. The van der Waals surface area contributed by atoms with Crippen molar-refractivity contribution in [2.45, 2.75) is 37.5 Å². The predicted molar refractivity (Wildman–Crippen MR) is 196 cm³/mol. The van der Waals surface area contributed by atoms with Crippen molar-refractivity contribution >= 4 is 49.0 Å². The molecule has 0 fully saturated rings. The summed E-state index contributed by atoms with van der Waals surface area (Å²) in [6.07, 6.45) is 0. The fourth-order valence-electron chi connectivity index (χ4n) is 6.02. The Morgan fingerprint density at radius 2 is 1.19 bits per heavy atom. The van der Waals surface area contributed by atoms with Crippen LogP contribution in [0.1, 0.15) is 49.3 Å². The molecule has 12 nitrogen and oxygen atoms in total. The summed E-state index contributed by atoms with van der Waals surface area (Å²) in [5, 5.41) is 16.9. The van der Waals surface area contributed by atoms with Gasteiger partial charge in [-0.3, -0.25) is 4.55 Å². The molecule has 0 unspecified atom stereocenters. The predicted octanol–water partition coefficient (Wildman–Crippen LogP) is 4.30. The first-order valence-corrected chi connectivity index (χ1v) is 18.5. The van der Waals surface area contributed by atoms with Crippen LogP contribution < -0.4 is 49.7 Å². The van der Waals surface area contributed by atoms with E-state index in [0.29, 0.717) is 34.5 Å². The second-order valence-corrected chi connectivity index (χ2v) is 14.9. The number of carbonyl (C=O) groups is 1. The van der Waals surface area contributed by atoms with Crippen LogP contribution in [0.5, 0.6) is 11.5 Å². The van der Waals surface area contributed by atoms with E-state index < -0.39 is 36.0 Å². The van der Waals surface area contributed by atoms with E-state index in [1.54, 1.807) is 56.7 Å². The van der Waals surface area contributed by atoms with Gasteiger partial charge in [-0.25, -0.2) is 13.2 Å². The molecular formula is C38H36N2NaO10S2+. The fourth-order valence-corrected chi connectivity index (χ4v) is 7.31. The molecule has 5 rings (SSSR count). The third-order valence-corrected chi connectivity index (χ3v) is 10.2. The number of carboxylic acids is 1. The van der Waals surface area contributed by atoms with Gasteiger partial charge in [0.1, 0.15) is 32.1 Å². The quantitative estimate of drug-likeness (QED) is 0.0611. The van der Waals surface area contributed by atoms with E-state index in [2.05, 4.69) is 10.6 Å². The van der Waals surface area contributed by atoms with Gasteiger partial charge in [0.15, 0.2) is 0 Å². The molecule has 0 aliphatic carbocycles. The Hall–Kier alpha value is -4.54. The number of aryl methyl sites for hydroxylation is 4. The first kappa shape index (κ1) is 41.2. The Bertz CT molecular complexity index is 2370. The monoisotopic (exact) mass is 767 g/mol. The summed E-state index contributed by atoms with van der Waals surface area (Å²) >= 11 is 0. The molecule has 0 aliphatic rings. The van der Waals surface area contributed by atoms with Gasteiger partial charge in [-0.15, -0.1) is 0 Å². The van der Waals surface area contributed by atoms with Gasteiger partial charge >= 0.3 is 45.6 Å². The second kappa shape index (κ2) is 16.2. The average Bonchev–Trinajstić information content (AvgIpc) is 3.08. The Labute approximate surface area is 331 Å². The maximum atomic E-state index is 12.7. The molecule has 4 N–H and O–H groups in total. The van der Waals surface area contributed by atoms with Crippen LogP contribution in [0, 0.1) is 33.6 Å². The number of carboxylic acid groups (broad SMARTS) is 1. The summed E-state index contributed by atoms with van der Waals surface area (Å²) < 4.78 is 82.0. The van der Waals surface area contributed by atoms with Gasteiger partial charge in [0.2, 0.25) is 0 Å². The third kappa shape index (κ3) is 9.16. The molecule has 0 saturated carbocycles. The van der Waals surface area contributed by atoms with Gasteiger partial charge in [0.25, 0.3) is 0 Å². The molecule has 15 heteroatoms. The number of rotatable bonds is 12.